The molecule has 0 unspecified atom stereocenters. The number of nitrogens with zero attached hydrogens (tertiary/aromatic N) is 2. The molecule has 1 fully saturated rings. The van der Waals surface area contributed by atoms with E-state index in [1.165, 1.54) is 12.0 Å². The quantitative estimate of drug-likeness (QED) is 0.730. The van der Waals surface area contributed by atoms with E-state index in [0.717, 1.165) is 16.4 Å². The van der Waals surface area contributed by atoms with E-state index in [-0.39, 0.29) is 43.3 Å². The van der Waals surface area contributed by atoms with E-state index in [1.54, 1.807) is 13.8 Å². The normalized spacial score (nSPS) is 15.3. The minimum absolute atomic E-state index is 0.0556. The Morgan fingerprint density at radius 1 is 1.10 bits per heavy atom. The number of amides is 1. The molecule has 1 N–H and O–H groups in total. The van der Waals surface area contributed by atoms with E-state index in [9.17, 15) is 26.8 Å². The molecule has 1 aliphatic rings. The lowest BCUT2D eigenvalue weighted by Gasteiger charge is -2.34. The fourth-order valence-corrected chi connectivity index (χ4v) is 4.97. The maximum atomic E-state index is 13.9. The average molecular weight is 441 g/mol. The number of carbonyl (C=O) groups is 2. The molecule has 0 saturated carbocycles. The van der Waals surface area contributed by atoms with E-state index in [0.29, 0.717) is 17.3 Å². The highest BCUT2D eigenvalue weighted by Crippen LogP contribution is 2.24. The molecule has 162 valence electrons. The summed E-state index contributed by atoms with van der Waals surface area (Å²) in [5.74, 6) is -2.85. The number of halogens is 2. The van der Waals surface area contributed by atoms with Gasteiger partial charge in [0.1, 0.15) is 22.2 Å². The number of hydrogen-bond acceptors (Lipinski definition) is 5. The van der Waals surface area contributed by atoms with Gasteiger partial charge in [-0.15, -0.1) is 0 Å². The summed E-state index contributed by atoms with van der Waals surface area (Å²) < 4.78 is 58.5. The summed E-state index contributed by atoms with van der Waals surface area (Å²) in [6.07, 6.45) is 0. The van der Waals surface area contributed by atoms with Crippen LogP contribution in [0, 0.1) is 25.5 Å². The standard InChI is InChI=1S/C19H21F2N3O5S/c1-11-16(19(26)29-3)12(2)22-17(11)18(25)23-6-8-24(9-7-23)30(27,28)15-10-13(20)4-5-14(15)21/h4-5,10,22H,6-9H2,1-3H3. The van der Waals surface area contributed by atoms with Crippen molar-refractivity contribution in [1.82, 2.24) is 14.2 Å². The number of H-pyrrole nitrogens is 1. The second-order valence-corrected chi connectivity index (χ2v) is 8.79. The number of carbonyl (C=O) groups excluding carboxylic acids is 2. The smallest absolute Gasteiger partial charge is 0.339 e. The van der Waals surface area contributed by atoms with Crippen molar-refractivity contribution in [2.75, 3.05) is 33.3 Å². The lowest BCUT2D eigenvalue weighted by molar-refractivity contribution is 0.0599. The number of hydrogen-bond donors (Lipinski definition) is 1. The minimum Gasteiger partial charge on any atom is -0.465 e. The van der Waals surface area contributed by atoms with Crippen LogP contribution in [-0.4, -0.2) is 67.8 Å². The predicted octanol–water partition coefficient (Wildman–Crippen LogP) is 1.84. The van der Waals surface area contributed by atoms with Crippen LogP contribution in [0.5, 0.6) is 0 Å². The zero-order valence-corrected chi connectivity index (χ0v) is 17.5. The number of ether oxygens (including phenoxy) is 1. The highest BCUT2D eigenvalue weighted by molar-refractivity contribution is 7.89. The maximum absolute atomic E-state index is 13.9. The topological polar surface area (TPSA) is 99.8 Å². The van der Waals surface area contributed by atoms with Gasteiger partial charge in [0.2, 0.25) is 10.0 Å². The molecule has 1 aromatic heterocycles. The van der Waals surface area contributed by atoms with Crippen molar-refractivity contribution in [2.45, 2.75) is 18.7 Å². The van der Waals surface area contributed by atoms with Gasteiger partial charge >= 0.3 is 5.97 Å². The second kappa shape index (κ2) is 8.15. The fourth-order valence-electron chi connectivity index (χ4n) is 3.48. The second-order valence-electron chi connectivity index (χ2n) is 6.89. The molecular formula is C19H21F2N3O5S. The number of methoxy groups -OCH3 is 1. The Balaban J connectivity index is 1.77. The monoisotopic (exact) mass is 441 g/mol. The molecular weight excluding hydrogens is 420 g/mol. The summed E-state index contributed by atoms with van der Waals surface area (Å²) in [7, 11) is -3.00. The minimum atomic E-state index is -4.24. The molecule has 2 heterocycles. The summed E-state index contributed by atoms with van der Waals surface area (Å²) in [6.45, 7) is 3.23. The molecule has 0 spiro atoms. The molecule has 11 heteroatoms. The highest BCUT2D eigenvalue weighted by atomic mass is 32.2. The first-order valence-electron chi connectivity index (χ1n) is 9.10. The molecule has 1 amide bonds. The van der Waals surface area contributed by atoms with Crippen LogP contribution in [0.2, 0.25) is 0 Å². The van der Waals surface area contributed by atoms with Crippen LogP contribution in [-0.2, 0) is 14.8 Å². The van der Waals surface area contributed by atoms with Gasteiger partial charge in [-0.05, 0) is 37.6 Å². The van der Waals surface area contributed by atoms with Crippen molar-refractivity contribution in [3.63, 3.8) is 0 Å². The van der Waals surface area contributed by atoms with Crippen LogP contribution < -0.4 is 0 Å². The van der Waals surface area contributed by atoms with Gasteiger partial charge < -0.3 is 14.6 Å². The van der Waals surface area contributed by atoms with Crippen molar-refractivity contribution in [2.24, 2.45) is 0 Å². The number of piperazine rings is 1. The van der Waals surface area contributed by atoms with Crippen LogP contribution in [0.15, 0.2) is 23.1 Å². The Kier molecular flexibility index (Phi) is 5.95. The van der Waals surface area contributed by atoms with Crippen LogP contribution >= 0.6 is 0 Å². The Hall–Kier alpha value is -2.79. The predicted molar refractivity (Wildman–Crippen MR) is 103 cm³/mol. The first-order chi connectivity index (χ1) is 14.1. The Morgan fingerprint density at radius 3 is 2.33 bits per heavy atom. The molecule has 0 bridgehead atoms. The molecule has 0 atom stereocenters. The highest BCUT2D eigenvalue weighted by Gasteiger charge is 2.34. The SMILES string of the molecule is COC(=O)c1c(C)[nH]c(C(=O)N2CCN(S(=O)(=O)c3cc(F)ccc3F)CC2)c1C. The number of nitrogens with one attached hydrogen (secondary N) is 1. The maximum Gasteiger partial charge on any atom is 0.339 e. The van der Waals surface area contributed by atoms with Crippen LogP contribution in [0.1, 0.15) is 32.1 Å². The lowest BCUT2D eigenvalue weighted by atomic mass is 10.1. The van der Waals surface area contributed by atoms with Crippen molar-refractivity contribution in [3.05, 3.63) is 52.3 Å². The number of aromatic nitrogens is 1. The van der Waals surface area contributed by atoms with Crippen LogP contribution in [0.3, 0.4) is 0 Å². The number of rotatable bonds is 4. The summed E-state index contributed by atoms with van der Waals surface area (Å²) >= 11 is 0. The van der Waals surface area contributed by atoms with Gasteiger partial charge in [-0.1, -0.05) is 0 Å². The zero-order valence-electron chi connectivity index (χ0n) is 16.7. The van der Waals surface area contributed by atoms with E-state index < -0.39 is 32.5 Å². The third kappa shape index (κ3) is 3.82. The van der Waals surface area contributed by atoms with Gasteiger partial charge in [0.25, 0.3) is 5.91 Å². The van der Waals surface area contributed by atoms with Gasteiger partial charge in [0.15, 0.2) is 0 Å². The molecule has 0 aliphatic carbocycles. The first kappa shape index (κ1) is 21.9. The van der Waals surface area contributed by atoms with Crippen LogP contribution in [0.4, 0.5) is 8.78 Å². The average Bonchev–Trinajstić information content (AvgIpc) is 3.02. The molecule has 30 heavy (non-hydrogen) atoms. The summed E-state index contributed by atoms with van der Waals surface area (Å²) in [5.41, 5.74) is 1.44. The lowest BCUT2D eigenvalue weighted by Crippen LogP contribution is -2.50. The Morgan fingerprint density at radius 2 is 1.73 bits per heavy atom. The molecule has 1 aromatic carbocycles. The van der Waals surface area contributed by atoms with Gasteiger partial charge in [-0.3, -0.25) is 4.79 Å². The number of benzene rings is 1. The van der Waals surface area contributed by atoms with Crippen molar-refractivity contribution in [3.8, 4) is 0 Å². The summed E-state index contributed by atoms with van der Waals surface area (Å²) in [5, 5.41) is 0. The van der Waals surface area contributed by atoms with E-state index in [2.05, 4.69) is 4.98 Å². The summed E-state index contributed by atoms with van der Waals surface area (Å²) in [4.78, 5) is 28.4. The Bertz CT molecular complexity index is 1110. The summed E-state index contributed by atoms with van der Waals surface area (Å²) in [6, 6.07) is 2.24. The van der Waals surface area contributed by atoms with Crippen molar-refractivity contribution < 1.29 is 31.5 Å². The molecule has 1 aliphatic heterocycles. The van der Waals surface area contributed by atoms with Crippen molar-refractivity contribution >= 4 is 21.9 Å². The molecule has 8 nitrogen and oxygen atoms in total. The zero-order chi connectivity index (χ0) is 22.2. The number of aryl methyl sites for hydroxylation is 1. The van der Waals surface area contributed by atoms with E-state index in [4.69, 9.17) is 4.74 Å². The molecule has 1 saturated heterocycles. The third-order valence-corrected chi connectivity index (χ3v) is 6.99. The number of sulfonamides is 1. The third-order valence-electron chi connectivity index (χ3n) is 5.08. The molecule has 2 aromatic rings. The Labute approximate surface area is 172 Å². The fraction of sp³-hybridized carbons (Fsp3) is 0.368. The van der Waals surface area contributed by atoms with E-state index >= 15 is 0 Å². The van der Waals surface area contributed by atoms with E-state index in [1.807, 2.05) is 0 Å². The first-order valence-corrected chi connectivity index (χ1v) is 10.5. The number of aromatic amines is 1. The van der Waals surface area contributed by atoms with Gasteiger partial charge in [0, 0.05) is 31.9 Å². The van der Waals surface area contributed by atoms with Crippen LogP contribution in [0.25, 0.3) is 0 Å². The van der Waals surface area contributed by atoms with Gasteiger partial charge in [-0.2, -0.15) is 4.31 Å². The largest absolute Gasteiger partial charge is 0.465 e. The van der Waals surface area contributed by atoms with Crippen molar-refractivity contribution in [1.29, 1.82) is 0 Å². The van der Waals surface area contributed by atoms with Gasteiger partial charge in [-0.25, -0.2) is 22.0 Å². The number of esters is 1. The molecule has 0 radical (unpaired) electrons. The molecule has 3 rings (SSSR count). The van der Waals surface area contributed by atoms with Gasteiger partial charge in [0.05, 0.1) is 12.7 Å².